The van der Waals surface area contributed by atoms with Crippen molar-refractivity contribution < 1.29 is 24.6 Å². The third-order valence-corrected chi connectivity index (χ3v) is 2.28. The van der Waals surface area contributed by atoms with Crippen molar-refractivity contribution in [2.24, 2.45) is 5.73 Å². The summed E-state index contributed by atoms with van der Waals surface area (Å²) >= 11 is 0. The highest BCUT2D eigenvalue weighted by Crippen LogP contribution is 2.12. The summed E-state index contributed by atoms with van der Waals surface area (Å²) in [6, 6.07) is 1.40. The van der Waals surface area contributed by atoms with E-state index in [1.54, 1.807) is 0 Å². The lowest BCUT2D eigenvalue weighted by Crippen LogP contribution is -2.41. The monoisotopic (exact) mass is 267 g/mol. The SMILES string of the molecule is NC(=O)CCC(NC(=O)c1ncccc1O)C(=O)O. The van der Waals surface area contributed by atoms with Gasteiger partial charge in [-0.05, 0) is 18.6 Å². The minimum atomic E-state index is -1.30. The largest absolute Gasteiger partial charge is 0.505 e. The number of pyridine rings is 1. The normalized spacial score (nSPS) is 11.6. The molecule has 8 heteroatoms. The zero-order valence-corrected chi connectivity index (χ0v) is 9.87. The maximum Gasteiger partial charge on any atom is 0.326 e. The highest BCUT2D eigenvalue weighted by Gasteiger charge is 2.23. The Morgan fingerprint density at radius 1 is 1.42 bits per heavy atom. The van der Waals surface area contributed by atoms with Crippen molar-refractivity contribution in [1.29, 1.82) is 0 Å². The molecule has 0 spiro atoms. The van der Waals surface area contributed by atoms with Crippen molar-refractivity contribution in [3.05, 3.63) is 24.0 Å². The quantitative estimate of drug-likeness (QED) is 0.533. The van der Waals surface area contributed by atoms with Crippen LogP contribution in [0.1, 0.15) is 23.3 Å². The molecule has 1 unspecified atom stereocenters. The zero-order valence-electron chi connectivity index (χ0n) is 9.87. The van der Waals surface area contributed by atoms with Gasteiger partial charge in [-0.3, -0.25) is 9.59 Å². The summed E-state index contributed by atoms with van der Waals surface area (Å²) in [5, 5.41) is 20.5. The molecule has 0 saturated heterocycles. The van der Waals surface area contributed by atoms with E-state index < -0.39 is 23.8 Å². The smallest absolute Gasteiger partial charge is 0.326 e. The first-order valence-electron chi connectivity index (χ1n) is 5.37. The predicted octanol–water partition coefficient (Wildman–Crippen LogP) is -0.764. The second-order valence-corrected chi connectivity index (χ2v) is 3.74. The topological polar surface area (TPSA) is 143 Å². The van der Waals surface area contributed by atoms with Crippen LogP contribution in [0.5, 0.6) is 5.75 Å². The molecule has 0 aliphatic heterocycles. The number of carbonyl (C=O) groups is 3. The standard InChI is InChI=1S/C11H13N3O5/c12-8(16)4-3-6(11(18)19)14-10(17)9-7(15)2-1-5-13-9/h1-2,5-6,15H,3-4H2,(H2,12,16)(H,14,17)(H,18,19). The van der Waals surface area contributed by atoms with E-state index in [4.69, 9.17) is 10.8 Å². The van der Waals surface area contributed by atoms with Crippen molar-refractivity contribution in [3.8, 4) is 5.75 Å². The van der Waals surface area contributed by atoms with Gasteiger partial charge in [-0.2, -0.15) is 0 Å². The molecule has 1 aromatic rings. The summed E-state index contributed by atoms with van der Waals surface area (Å²) in [5.41, 5.74) is 4.63. The van der Waals surface area contributed by atoms with Gasteiger partial charge in [-0.25, -0.2) is 9.78 Å². The number of nitrogens with two attached hydrogens (primary N) is 1. The fourth-order valence-corrected chi connectivity index (χ4v) is 1.34. The molecule has 0 aromatic carbocycles. The molecule has 1 heterocycles. The van der Waals surface area contributed by atoms with Crippen molar-refractivity contribution in [2.75, 3.05) is 0 Å². The van der Waals surface area contributed by atoms with Crippen LogP contribution in [0, 0.1) is 0 Å². The molecule has 0 saturated carbocycles. The van der Waals surface area contributed by atoms with Gasteiger partial charge in [0.15, 0.2) is 5.69 Å². The molecule has 0 aliphatic carbocycles. The number of carboxylic acid groups (broad SMARTS) is 1. The van der Waals surface area contributed by atoms with E-state index in [9.17, 15) is 19.5 Å². The molecule has 1 atom stereocenters. The summed E-state index contributed by atoms with van der Waals surface area (Å²) in [6.07, 6.45) is 0.975. The first-order chi connectivity index (χ1) is 8.91. The van der Waals surface area contributed by atoms with Gasteiger partial charge in [0.05, 0.1) is 0 Å². The highest BCUT2D eigenvalue weighted by atomic mass is 16.4. The molecular formula is C11H13N3O5. The molecule has 2 amide bonds. The van der Waals surface area contributed by atoms with Crippen LogP contribution in [0.2, 0.25) is 0 Å². The predicted molar refractivity (Wildman–Crippen MR) is 63.2 cm³/mol. The fraction of sp³-hybridized carbons (Fsp3) is 0.273. The summed E-state index contributed by atoms with van der Waals surface area (Å²) in [7, 11) is 0. The number of amides is 2. The Labute approximate surface area is 108 Å². The van der Waals surface area contributed by atoms with Gasteiger partial charge in [-0.15, -0.1) is 0 Å². The summed E-state index contributed by atoms with van der Waals surface area (Å²) in [5.74, 6) is -3.17. The lowest BCUT2D eigenvalue weighted by atomic mass is 10.1. The number of aliphatic carboxylic acids is 1. The van der Waals surface area contributed by atoms with E-state index in [-0.39, 0.29) is 24.3 Å². The highest BCUT2D eigenvalue weighted by molar-refractivity contribution is 5.97. The van der Waals surface area contributed by atoms with Gasteiger partial charge in [-0.1, -0.05) is 0 Å². The van der Waals surface area contributed by atoms with Gasteiger partial charge < -0.3 is 21.3 Å². The fourth-order valence-electron chi connectivity index (χ4n) is 1.34. The second-order valence-electron chi connectivity index (χ2n) is 3.74. The number of nitrogens with one attached hydrogen (secondary N) is 1. The van der Waals surface area contributed by atoms with Gasteiger partial charge in [0, 0.05) is 12.6 Å². The number of nitrogens with zero attached hydrogens (tertiary/aromatic N) is 1. The Morgan fingerprint density at radius 2 is 2.11 bits per heavy atom. The van der Waals surface area contributed by atoms with Crippen LogP contribution in [0.15, 0.2) is 18.3 Å². The number of hydrogen-bond acceptors (Lipinski definition) is 5. The van der Waals surface area contributed by atoms with Crippen LogP contribution in [-0.4, -0.2) is 39.0 Å². The van der Waals surface area contributed by atoms with Crippen LogP contribution in [0.4, 0.5) is 0 Å². The minimum absolute atomic E-state index is 0.135. The Balaban J connectivity index is 2.74. The maximum absolute atomic E-state index is 11.7. The lowest BCUT2D eigenvalue weighted by Gasteiger charge is -2.13. The first-order valence-corrected chi connectivity index (χ1v) is 5.37. The van der Waals surface area contributed by atoms with Crippen LogP contribution in [0.3, 0.4) is 0 Å². The average Bonchev–Trinajstić information content (AvgIpc) is 2.34. The third-order valence-electron chi connectivity index (χ3n) is 2.28. The van der Waals surface area contributed by atoms with Crippen LogP contribution >= 0.6 is 0 Å². The molecule has 1 aromatic heterocycles. The molecule has 0 fully saturated rings. The maximum atomic E-state index is 11.7. The van der Waals surface area contributed by atoms with E-state index in [2.05, 4.69) is 10.3 Å². The van der Waals surface area contributed by atoms with Crippen molar-refractivity contribution >= 4 is 17.8 Å². The molecule has 0 aliphatic rings. The van der Waals surface area contributed by atoms with Gasteiger partial charge in [0.2, 0.25) is 5.91 Å². The Kier molecular flexibility index (Phi) is 4.81. The Hall–Kier alpha value is -2.64. The molecule has 19 heavy (non-hydrogen) atoms. The van der Waals surface area contributed by atoms with Crippen LogP contribution in [0.25, 0.3) is 0 Å². The number of carbonyl (C=O) groups excluding carboxylic acids is 2. The summed E-state index contributed by atoms with van der Waals surface area (Å²) in [6.45, 7) is 0. The number of hydrogen-bond donors (Lipinski definition) is 4. The summed E-state index contributed by atoms with van der Waals surface area (Å²) in [4.78, 5) is 36.9. The molecule has 102 valence electrons. The number of primary amides is 1. The third kappa shape index (κ3) is 4.26. The molecule has 0 radical (unpaired) electrons. The second kappa shape index (κ2) is 6.34. The van der Waals surface area contributed by atoms with Gasteiger partial charge in [0.25, 0.3) is 5.91 Å². The van der Waals surface area contributed by atoms with Crippen molar-refractivity contribution in [1.82, 2.24) is 10.3 Å². The van der Waals surface area contributed by atoms with E-state index in [1.165, 1.54) is 18.3 Å². The van der Waals surface area contributed by atoms with E-state index in [0.29, 0.717) is 0 Å². The Bertz CT molecular complexity index is 503. The van der Waals surface area contributed by atoms with E-state index >= 15 is 0 Å². The van der Waals surface area contributed by atoms with Gasteiger partial charge >= 0.3 is 5.97 Å². The molecule has 0 bridgehead atoms. The van der Waals surface area contributed by atoms with Crippen LogP contribution < -0.4 is 11.1 Å². The van der Waals surface area contributed by atoms with E-state index in [1.807, 2.05) is 0 Å². The van der Waals surface area contributed by atoms with Gasteiger partial charge in [0.1, 0.15) is 11.8 Å². The first kappa shape index (κ1) is 14.4. The van der Waals surface area contributed by atoms with Crippen molar-refractivity contribution in [2.45, 2.75) is 18.9 Å². The van der Waals surface area contributed by atoms with Crippen LogP contribution in [-0.2, 0) is 9.59 Å². The molecule has 1 rings (SSSR count). The molecular weight excluding hydrogens is 254 g/mol. The van der Waals surface area contributed by atoms with Crippen molar-refractivity contribution in [3.63, 3.8) is 0 Å². The van der Waals surface area contributed by atoms with E-state index in [0.717, 1.165) is 0 Å². The number of rotatable bonds is 6. The minimum Gasteiger partial charge on any atom is -0.505 e. The molecule has 8 nitrogen and oxygen atoms in total. The lowest BCUT2D eigenvalue weighted by molar-refractivity contribution is -0.139. The number of aromatic hydroxyl groups is 1. The number of aromatic nitrogens is 1. The average molecular weight is 267 g/mol. The zero-order chi connectivity index (χ0) is 14.4. The molecule has 5 N–H and O–H groups in total. The summed E-state index contributed by atoms with van der Waals surface area (Å²) < 4.78 is 0. The number of carboxylic acids is 1. The Morgan fingerprint density at radius 3 is 2.63 bits per heavy atom.